The second kappa shape index (κ2) is 8.56. The van der Waals surface area contributed by atoms with Crippen molar-refractivity contribution in [1.29, 1.82) is 0 Å². The molecule has 0 aliphatic heterocycles. The third-order valence-corrected chi connectivity index (χ3v) is 6.52. The first kappa shape index (κ1) is 21.3. The van der Waals surface area contributed by atoms with E-state index in [-0.39, 0.29) is 21.2 Å². The molecule has 0 bridgehead atoms. The Morgan fingerprint density at radius 2 is 1.37 bits per heavy atom. The minimum Gasteiger partial charge on any atom is -0.379 e. The molecule has 156 valence electrons. The summed E-state index contributed by atoms with van der Waals surface area (Å²) in [5, 5.41) is 2.37. The minimum absolute atomic E-state index is 0.00731. The zero-order chi connectivity index (χ0) is 21.8. The highest BCUT2D eigenvalue weighted by Crippen LogP contribution is 2.21. The maximum atomic E-state index is 12.2. The fraction of sp³-hybridized carbons (Fsp3) is 0.0500. The molecule has 0 unspecified atom stereocenters. The number of hydrogen-bond donors (Lipinski definition) is 2. The number of anilines is 1. The summed E-state index contributed by atoms with van der Waals surface area (Å²) >= 11 is 0. The third-order valence-electron chi connectivity index (χ3n) is 3.91. The van der Waals surface area contributed by atoms with Crippen molar-refractivity contribution in [2.24, 2.45) is 0 Å². The molecule has 2 amide bonds. The largest absolute Gasteiger partial charge is 0.379 e. The average Bonchev–Trinajstić information content (AvgIpc) is 2.70. The number of carbonyl (C=O) groups excluding carboxylic acids is 1. The van der Waals surface area contributed by atoms with Crippen LogP contribution in [0.2, 0.25) is 0 Å². The highest BCUT2D eigenvalue weighted by Gasteiger charge is 2.18. The summed E-state index contributed by atoms with van der Waals surface area (Å²) in [5.41, 5.74) is 1.13. The molecule has 30 heavy (non-hydrogen) atoms. The molecular formula is C20H18N2O6S2. The number of rotatable bonds is 6. The van der Waals surface area contributed by atoms with Gasteiger partial charge in [0.2, 0.25) is 0 Å². The van der Waals surface area contributed by atoms with Crippen LogP contribution in [0.5, 0.6) is 5.75 Å². The van der Waals surface area contributed by atoms with E-state index in [1.165, 1.54) is 48.5 Å². The molecule has 3 rings (SSSR count). The SMILES string of the molecule is Cc1ccc(S(=O)(=O)NC(=O)Nc2ccc(OS(=O)(=O)c3ccccc3)cc2)cc1. The number of nitrogens with one attached hydrogen (secondary N) is 2. The molecule has 3 aromatic carbocycles. The normalized spacial score (nSPS) is 11.5. The Morgan fingerprint density at radius 3 is 1.97 bits per heavy atom. The summed E-state index contributed by atoms with van der Waals surface area (Å²) in [6.45, 7) is 1.81. The number of urea groups is 1. The Labute approximate surface area is 174 Å². The molecule has 0 saturated carbocycles. The molecule has 0 spiro atoms. The van der Waals surface area contributed by atoms with Crippen LogP contribution < -0.4 is 14.2 Å². The van der Waals surface area contributed by atoms with Crippen molar-refractivity contribution in [1.82, 2.24) is 4.72 Å². The van der Waals surface area contributed by atoms with Crippen molar-refractivity contribution in [2.45, 2.75) is 16.7 Å². The van der Waals surface area contributed by atoms with E-state index in [0.717, 1.165) is 5.56 Å². The monoisotopic (exact) mass is 446 g/mol. The smallest absolute Gasteiger partial charge is 0.339 e. The fourth-order valence-electron chi connectivity index (χ4n) is 2.41. The van der Waals surface area contributed by atoms with E-state index in [2.05, 4.69) is 5.32 Å². The Kier molecular flexibility index (Phi) is 6.09. The lowest BCUT2D eigenvalue weighted by atomic mass is 10.2. The van der Waals surface area contributed by atoms with Crippen LogP contribution in [-0.2, 0) is 20.1 Å². The molecule has 3 aromatic rings. The van der Waals surface area contributed by atoms with Crippen LogP contribution in [-0.4, -0.2) is 22.9 Å². The summed E-state index contributed by atoms with van der Waals surface area (Å²) in [5.74, 6) is 0.0390. The van der Waals surface area contributed by atoms with Crippen molar-refractivity contribution in [2.75, 3.05) is 5.32 Å². The number of amides is 2. The van der Waals surface area contributed by atoms with Crippen molar-refractivity contribution in [3.8, 4) is 5.75 Å². The van der Waals surface area contributed by atoms with Gasteiger partial charge in [0.05, 0.1) is 4.90 Å². The number of carbonyl (C=O) groups is 1. The molecule has 0 fully saturated rings. The summed E-state index contributed by atoms with van der Waals surface area (Å²) in [6, 6.07) is 18.2. The van der Waals surface area contributed by atoms with Gasteiger partial charge in [0, 0.05) is 5.69 Å². The molecule has 0 radical (unpaired) electrons. The third kappa shape index (κ3) is 5.37. The van der Waals surface area contributed by atoms with Gasteiger partial charge < -0.3 is 9.50 Å². The first-order valence-electron chi connectivity index (χ1n) is 8.66. The van der Waals surface area contributed by atoms with E-state index < -0.39 is 26.2 Å². The second-order valence-corrected chi connectivity index (χ2v) is 9.48. The molecule has 8 nitrogen and oxygen atoms in total. The standard InChI is InChI=1S/C20H18N2O6S2/c1-15-7-13-18(14-8-15)29(24,25)22-20(23)21-16-9-11-17(12-10-16)28-30(26,27)19-5-3-2-4-6-19/h2-14H,1H3,(H2,21,22,23). The van der Waals surface area contributed by atoms with Crippen molar-refractivity contribution in [3.63, 3.8) is 0 Å². The lowest BCUT2D eigenvalue weighted by molar-refractivity contribution is 0.256. The highest BCUT2D eigenvalue weighted by molar-refractivity contribution is 7.90. The number of sulfonamides is 1. The van der Waals surface area contributed by atoms with Crippen LogP contribution in [0.3, 0.4) is 0 Å². The van der Waals surface area contributed by atoms with Crippen LogP contribution in [0, 0.1) is 6.92 Å². The quantitative estimate of drug-likeness (QED) is 0.561. The fourth-order valence-corrected chi connectivity index (χ4v) is 4.27. The van der Waals surface area contributed by atoms with Gasteiger partial charge in [-0.3, -0.25) is 0 Å². The van der Waals surface area contributed by atoms with Gasteiger partial charge in [0.15, 0.2) is 0 Å². The molecule has 0 aromatic heterocycles. The summed E-state index contributed by atoms with van der Waals surface area (Å²) in [6.07, 6.45) is 0. The van der Waals surface area contributed by atoms with E-state index in [1.807, 2.05) is 11.6 Å². The second-order valence-electron chi connectivity index (χ2n) is 6.25. The summed E-state index contributed by atoms with van der Waals surface area (Å²) < 4.78 is 55.8. The lowest BCUT2D eigenvalue weighted by Gasteiger charge is -2.10. The van der Waals surface area contributed by atoms with E-state index in [1.54, 1.807) is 30.3 Å². The zero-order valence-corrected chi connectivity index (χ0v) is 17.4. The molecule has 10 heteroatoms. The van der Waals surface area contributed by atoms with E-state index >= 15 is 0 Å². The Hall–Kier alpha value is -3.37. The number of aryl methyl sites for hydroxylation is 1. The first-order valence-corrected chi connectivity index (χ1v) is 11.5. The molecule has 2 N–H and O–H groups in total. The van der Waals surface area contributed by atoms with E-state index in [4.69, 9.17) is 4.18 Å². The van der Waals surface area contributed by atoms with Crippen molar-refractivity contribution >= 4 is 31.9 Å². The van der Waals surface area contributed by atoms with Gasteiger partial charge in [-0.25, -0.2) is 17.9 Å². The molecular weight excluding hydrogens is 428 g/mol. The first-order chi connectivity index (χ1) is 14.2. The molecule has 0 atom stereocenters. The van der Waals surface area contributed by atoms with Gasteiger partial charge in [-0.2, -0.15) is 8.42 Å². The average molecular weight is 447 g/mol. The summed E-state index contributed by atoms with van der Waals surface area (Å²) in [7, 11) is -8.01. The highest BCUT2D eigenvalue weighted by atomic mass is 32.2. The molecule has 0 aliphatic carbocycles. The maximum Gasteiger partial charge on any atom is 0.339 e. The summed E-state index contributed by atoms with van der Waals surface area (Å²) in [4.78, 5) is 12.0. The maximum absolute atomic E-state index is 12.2. The van der Waals surface area contributed by atoms with Gasteiger partial charge in [0.1, 0.15) is 10.6 Å². The van der Waals surface area contributed by atoms with Crippen molar-refractivity contribution in [3.05, 3.63) is 84.4 Å². The molecule has 0 aliphatic rings. The Morgan fingerprint density at radius 1 is 0.767 bits per heavy atom. The van der Waals surface area contributed by atoms with Crippen LogP contribution in [0.15, 0.2) is 88.7 Å². The van der Waals surface area contributed by atoms with E-state index in [0.29, 0.717) is 0 Å². The van der Waals surface area contributed by atoms with Crippen LogP contribution in [0.4, 0.5) is 10.5 Å². The Bertz CT molecular complexity index is 1240. The minimum atomic E-state index is -4.03. The Balaban J connectivity index is 1.64. The van der Waals surface area contributed by atoms with Crippen LogP contribution >= 0.6 is 0 Å². The zero-order valence-electron chi connectivity index (χ0n) is 15.8. The van der Waals surface area contributed by atoms with Gasteiger partial charge in [-0.05, 0) is 55.5 Å². The van der Waals surface area contributed by atoms with Gasteiger partial charge in [-0.1, -0.05) is 35.9 Å². The van der Waals surface area contributed by atoms with Crippen molar-refractivity contribution < 1.29 is 25.8 Å². The van der Waals surface area contributed by atoms with Gasteiger partial charge >= 0.3 is 16.1 Å². The molecule has 0 saturated heterocycles. The number of hydrogen-bond acceptors (Lipinski definition) is 6. The molecule has 0 heterocycles. The van der Waals surface area contributed by atoms with E-state index in [9.17, 15) is 21.6 Å². The van der Waals surface area contributed by atoms with Crippen LogP contribution in [0.1, 0.15) is 5.56 Å². The van der Waals surface area contributed by atoms with Crippen LogP contribution in [0.25, 0.3) is 0 Å². The van der Waals surface area contributed by atoms with Gasteiger partial charge in [-0.15, -0.1) is 0 Å². The topological polar surface area (TPSA) is 119 Å². The predicted molar refractivity (Wildman–Crippen MR) is 111 cm³/mol. The lowest BCUT2D eigenvalue weighted by Crippen LogP contribution is -2.34. The predicted octanol–water partition coefficient (Wildman–Crippen LogP) is 3.27. The van der Waals surface area contributed by atoms with Gasteiger partial charge in [0.25, 0.3) is 10.0 Å². The number of benzene rings is 3.